The summed E-state index contributed by atoms with van der Waals surface area (Å²) in [6.45, 7) is 0.942. The van der Waals surface area contributed by atoms with Gasteiger partial charge in [0.25, 0.3) is 0 Å². The summed E-state index contributed by atoms with van der Waals surface area (Å²) in [4.78, 5) is 14.7. The zero-order valence-corrected chi connectivity index (χ0v) is 15.2. The summed E-state index contributed by atoms with van der Waals surface area (Å²) in [6, 6.07) is 19.5. The van der Waals surface area contributed by atoms with Crippen LogP contribution >= 0.6 is 0 Å². The molecular weight excluding hydrogens is 330 g/mol. The molecule has 1 fully saturated rings. The van der Waals surface area contributed by atoms with Gasteiger partial charge >= 0.3 is 5.97 Å². The molecule has 2 aromatic rings. The number of methoxy groups -OCH3 is 2. The second-order valence-corrected chi connectivity index (χ2v) is 6.41. The molecule has 1 aliphatic rings. The third kappa shape index (κ3) is 4.30. The smallest absolute Gasteiger partial charge is 0.323 e. The van der Waals surface area contributed by atoms with Gasteiger partial charge in [-0.3, -0.25) is 9.69 Å². The number of benzene rings is 2. The van der Waals surface area contributed by atoms with E-state index in [1.54, 1.807) is 14.2 Å². The molecule has 1 aliphatic heterocycles. The highest BCUT2D eigenvalue weighted by Crippen LogP contribution is 2.32. The van der Waals surface area contributed by atoms with Gasteiger partial charge in [-0.2, -0.15) is 0 Å². The van der Waals surface area contributed by atoms with Crippen molar-refractivity contribution in [1.29, 1.82) is 0 Å². The summed E-state index contributed by atoms with van der Waals surface area (Å²) >= 11 is 0. The van der Waals surface area contributed by atoms with Gasteiger partial charge in [0.15, 0.2) is 6.29 Å². The van der Waals surface area contributed by atoms with Crippen molar-refractivity contribution in [2.24, 2.45) is 0 Å². The maximum atomic E-state index is 12.6. The minimum Gasteiger partial charge on any atom is -0.460 e. The fourth-order valence-electron chi connectivity index (χ4n) is 3.35. The van der Waals surface area contributed by atoms with Crippen LogP contribution in [0.2, 0.25) is 0 Å². The van der Waals surface area contributed by atoms with E-state index in [2.05, 4.69) is 17.0 Å². The number of rotatable bonds is 8. The molecule has 0 aromatic heterocycles. The van der Waals surface area contributed by atoms with Crippen LogP contribution in [0.4, 0.5) is 0 Å². The van der Waals surface area contributed by atoms with Crippen LogP contribution in [0, 0.1) is 0 Å². The lowest BCUT2D eigenvalue weighted by molar-refractivity contribution is -0.201. The van der Waals surface area contributed by atoms with Crippen LogP contribution in [0.25, 0.3) is 0 Å². The molecule has 3 rings (SSSR count). The Balaban J connectivity index is 1.65. The van der Waals surface area contributed by atoms with E-state index in [9.17, 15) is 4.79 Å². The molecule has 5 heteroatoms. The highest BCUT2D eigenvalue weighted by Gasteiger charge is 2.47. The monoisotopic (exact) mass is 355 g/mol. The molecule has 0 radical (unpaired) electrons. The standard InChI is InChI=1S/C21H25NO4/c1-24-21(25-2)19-13-18(22(19)14-16-9-5-3-6-10-16)20(23)26-15-17-11-7-4-8-12-17/h3-12,18-19,21H,13-15H2,1-2H3. The normalized spacial score (nSPS) is 20.0. The van der Waals surface area contributed by atoms with Crippen molar-refractivity contribution >= 4 is 5.97 Å². The van der Waals surface area contributed by atoms with E-state index in [1.807, 2.05) is 48.5 Å². The minimum absolute atomic E-state index is 0.0273. The highest BCUT2D eigenvalue weighted by atomic mass is 16.7. The van der Waals surface area contributed by atoms with Gasteiger partial charge in [-0.05, 0) is 17.5 Å². The molecule has 2 atom stereocenters. The predicted molar refractivity (Wildman–Crippen MR) is 98.2 cm³/mol. The van der Waals surface area contributed by atoms with Gasteiger partial charge in [0, 0.05) is 20.8 Å². The van der Waals surface area contributed by atoms with E-state index in [-0.39, 0.29) is 30.9 Å². The number of hydrogen-bond acceptors (Lipinski definition) is 5. The van der Waals surface area contributed by atoms with Gasteiger partial charge in [-0.15, -0.1) is 0 Å². The number of carbonyl (C=O) groups is 1. The summed E-state index contributed by atoms with van der Waals surface area (Å²) < 4.78 is 16.4. The Kier molecular flexibility index (Phi) is 6.39. The average Bonchev–Trinajstić information content (AvgIpc) is 2.69. The Morgan fingerprint density at radius 3 is 2.15 bits per heavy atom. The van der Waals surface area contributed by atoms with Crippen molar-refractivity contribution in [3.63, 3.8) is 0 Å². The Bertz CT molecular complexity index is 688. The molecule has 0 spiro atoms. The third-order valence-electron chi connectivity index (χ3n) is 4.77. The van der Waals surface area contributed by atoms with Crippen LogP contribution in [0.1, 0.15) is 17.5 Å². The molecule has 0 bridgehead atoms. The van der Waals surface area contributed by atoms with Crippen molar-refractivity contribution in [2.45, 2.75) is 37.9 Å². The average molecular weight is 355 g/mol. The highest BCUT2D eigenvalue weighted by molar-refractivity contribution is 5.77. The first-order chi connectivity index (χ1) is 12.7. The third-order valence-corrected chi connectivity index (χ3v) is 4.77. The molecule has 0 amide bonds. The maximum Gasteiger partial charge on any atom is 0.323 e. The van der Waals surface area contributed by atoms with E-state index in [0.29, 0.717) is 13.0 Å². The molecule has 5 nitrogen and oxygen atoms in total. The second kappa shape index (κ2) is 8.94. The Morgan fingerprint density at radius 2 is 1.58 bits per heavy atom. The second-order valence-electron chi connectivity index (χ2n) is 6.41. The molecule has 0 saturated carbocycles. The molecule has 1 heterocycles. The van der Waals surface area contributed by atoms with Crippen molar-refractivity contribution in [1.82, 2.24) is 4.90 Å². The van der Waals surface area contributed by atoms with Crippen molar-refractivity contribution < 1.29 is 19.0 Å². The van der Waals surface area contributed by atoms with Gasteiger partial charge in [0.05, 0.1) is 6.04 Å². The number of hydrogen-bond donors (Lipinski definition) is 0. The predicted octanol–water partition coefficient (Wildman–Crippen LogP) is 2.99. The van der Waals surface area contributed by atoms with E-state index in [0.717, 1.165) is 11.1 Å². The van der Waals surface area contributed by atoms with Gasteiger partial charge in [-0.1, -0.05) is 60.7 Å². The van der Waals surface area contributed by atoms with Crippen LogP contribution in [-0.4, -0.2) is 43.5 Å². The van der Waals surface area contributed by atoms with Gasteiger partial charge in [0.2, 0.25) is 0 Å². The van der Waals surface area contributed by atoms with Crippen LogP contribution in [0.15, 0.2) is 60.7 Å². The lowest BCUT2D eigenvalue weighted by Gasteiger charge is -2.49. The topological polar surface area (TPSA) is 48.0 Å². The first-order valence-electron chi connectivity index (χ1n) is 8.78. The minimum atomic E-state index is -0.364. The molecule has 2 unspecified atom stereocenters. The van der Waals surface area contributed by atoms with Crippen molar-refractivity contribution in [3.8, 4) is 0 Å². The quantitative estimate of drug-likeness (QED) is 0.538. The van der Waals surface area contributed by atoms with E-state index in [4.69, 9.17) is 14.2 Å². The Morgan fingerprint density at radius 1 is 1.00 bits per heavy atom. The van der Waals surface area contributed by atoms with Gasteiger partial charge in [-0.25, -0.2) is 0 Å². The molecule has 26 heavy (non-hydrogen) atoms. The van der Waals surface area contributed by atoms with Gasteiger partial charge in [0.1, 0.15) is 12.6 Å². The van der Waals surface area contributed by atoms with E-state index in [1.165, 1.54) is 0 Å². The molecule has 0 aliphatic carbocycles. The SMILES string of the molecule is COC(OC)C1CC(C(=O)OCc2ccccc2)N1Cc1ccccc1. The van der Waals surface area contributed by atoms with Crippen LogP contribution in [-0.2, 0) is 32.2 Å². The zero-order chi connectivity index (χ0) is 18.4. The lowest BCUT2D eigenvalue weighted by atomic mass is 9.91. The van der Waals surface area contributed by atoms with Crippen LogP contribution in [0.5, 0.6) is 0 Å². The number of esters is 1. The molecular formula is C21H25NO4. The largest absolute Gasteiger partial charge is 0.460 e. The number of carbonyl (C=O) groups excluding carboxylic acids is 1. The Hall–Kier alpha value is -2.21. The fraction of sp³-hybridized carbons (Fsp3) is 0.381. The van der Waals surface area contributed by atoms with Gasteiger partial charge < -0.3 is 14.2 Å². The summed E-state index contributed by atoms with van der Waals surface area (Å²) in [7, 11) is 3.24. The fourth-order valence-corrected chi connectivity index (χ4v) is 3.35. The lowest BCUT2D eigenvalue weighted by Crippen LogP contribution is -2.63. The zero-order valence-electron chi connectivity index (χ0n) is 15.2. The summed E-state index contributed by atoms with van der Waals surface area (Å²) in [5, 5.41) is 0. The number of likely N-dealkylation sites (tertiary alicyclic amines) is 1. The summed E-state index contributed by atoms with van der Waals surface area (Å²) in [5.41, 5.74) is 2.13. The first-order valence-corrected chi connectivity index (χ1v) is 8.78. The number of ether oxygens (including phenoxy) is 3. The summed E-state index contributed by atoms with van der Waals surface area (Å²) in [5.74, 6) is -0.202. The first kappa shape index (κ1) is 18.6. The van der Waals surface area contributed by atoms with Crippen molar-refractivity contribution in [3.05, 3.63) is 71.8 Å². The van der Waals surface area contributed by atoms with Crippen LogP contribution < -0.4 is 0 Å². The molecule has 1 saturated heterocycles. The number of nitrogens with zero attached hydrogens (tertiary/aromatic N) is 1. The molecule has 138 valence electrons. The van der Waals surface area contributed by atoms with E-state index >= 15 is 0 Å². The van der Waals surface area contributed by atoms with Crippen LogP contribution in [0.3, 0.4) is 0 Å². The molecule has 0 N–H and O–H groups in total. The maximum absolute atomic E-state index is 12.6. The van der Waals surface area contributed by atoms with E-state index < -0.39 is 0 Å². The van der Waals surface area contributed by atoms with Crippen molar-refractivity contribution in [2.75, 3.05) is 14.2 Å². The molecule has 2 aromatic carbocycles. The summed E-state index contributed by atoms with van der Waals surface area (Å²) in [6.07, 6.45) is 0.296. The Labute approximate surface area is 154 Å².